The van der Waals surface area contributed by atoms with E-state index >= 15 is 0 Å². The van der Waals surface area contributed by atoms with Gasteiger partial charge in [0.1, 0.15) is 0 Å². The molecule has 4 N–H and O–H groups in total. The van der Waals surface area contributed by atoms with Gasteiger partial charge in [0.2, 0.25) is 0 Å². The van der Waals surface area contributed by atoms with E-state index in [1.54, 1.807) is 0 Å². The van der Waals surface area contributed by atoms with Gasteiger partial charge >= 0.3 is 43.8 Å². The van der Waals surface area contributed by atoms with Crippen LogP contribution in [0.3, 0.4) is 0 Å². The molecular formula is H4Al2O4Si+6. The topological polar surface area (TPSA) is 80.9 Å². The van der Waals surface area contributed by atoms with Crippen molar-refractivity contribution < 1.29 is 19.2 Å². The van der Waals surface area contributed by atoms with Crippen molar-refractivity contribution in [1.29, 1.82) is 0 Å². The first-order valence-electron chi connectivity index (χ1n) is 0.894. The van der Waals surface area contributed by atoms with E-state index in [9.17, 15) is 0 Å². The van der Waals surface area contributed by atoms with Crippen molar-refractivity contribution in [2.24, 2.45) is 0 Å². The summed E-state index contributed by atoms with van der Waals surface area (Å²) >= 11 is 0. The van der Waals surface area contributed by atoms with Gasteiger partial charge < -0.3 is 19.2 Å². The second-order valence-electron chi connectivity index (χ2n) is 0.600. The number of hydrogen-bond donors (Lipinski definition) is 4. The summed E-state index contributed by atoms with van der Waals surface area (Å²) in [6.07, 6.45) is 0. The van der Waals surface area contributed by atoms with E-state index < -0.39 is 9.05 Å². The third-order valence-corrected chi connectivity index (χ3v) is 0. The molecule has 0 saturated heterocycles. The van der Waals surface area contributed by atoms with Gasteiger partial charge in [-0.25, -0.2) is 0 Å². The first-order chi connectivity index (χ1) is 2.00. The molecule has 0 rings (SSSR count). The fraction of sp³-hybridized carbons (Fsp3) is 0. The van der Waals surface area contributed by atoms with Crippen LogP contribution >= 0.6 is 0 Å². The Hall–Kier alpha value is 1.12. The van der Waals surface area contributed by atoms with Crippen LogP contribution in [0.15, 0.2) is 0 Å². The monoisotopic (exact) mass is 150 g/mol. The second-order valence-corrected chi connectivity index (χ2v) is 1.80. The molecule has 0 aliphatic rings. The molecule has 0 saturated carbocycles. The quantitative estimate of drug-likeness (QED) is 0.272. The molecule has 0 heterocycles. The van der Waals surface area contributed by atoms with Crippen LogP contribution in [0.2, 0.25) is 0 Å². The average Bonchev–Trinajstić information content (AvgIpc) is 0.722. The standard InChI is InChI=1S/2Al.H4O4Si/c;;1-5(2,3)4/h;;1-4H/q2*+3;. The largest absolute Gasteiger partial charge is 3.00 e. The zero-order valence-electron chi connectivity index (χ0n) is 3.44. The van der Waals surface area contributed by atoms with Gasteiger partial charge in [-0.2, -0.15) is 0 Å². The fourth-order valence-electron chi connectivity index (χ4n) is 0. The molecule has 0 aromatic rings. The second kappa shape index (κ2) is 5.26. The Labute approximate surface area is 63.2 Å². The normalized spacial score (nSPS) is 8.57. The minimum Gasteiger partial charge on any atom is -0.368 e. The summed E-state index contributed by atoms with van der Waals surface area (Å²) in [5, 5.41) is 0. The summed E-state index contributed by atoms with van der Waals surface area (Å²) in [6.45, 7) is 0. The molecule has 0 aromatic carbocycles. The third kappa shape index (κ3) is 148. The molecule has 0 unspecified atom stereocenters. The van der Waals surface area contributed by atoms with Gasteiger partial charge in [-0.1, -0.05) is 0 Å². The minimum atomic E-state index is -4.61. The van der Waals surface area contributed by atoms with Gasteiger partial charge in [-0.05, 0) is 0 Å². The van der Waals surface area contributed by atoms with Crippen LogP contribution in [0.1, 0.15) is 0 Å². The van der Waals surface area contributed by atoms with Crippen molar-refractivity contribution in [3.05, 3.63) is 0 Å². The molecule has 7 heteroatoms. The molecule has 7 heavy (non-hydrogen) atoms. The SMILES string of the molecule is O[Si](O)(O)O.[Al+3].[Al+3]. The van der Waals surface area contributed by atoms with Crippen molar-refractivity contribution in [2.45, 2.75) is 0 Å². The average molecular weight is 150 g/mol. The molecule has 32 valence electrons. The van der Waals surface area contributed by atoms with Crippen LogP contribution in [0, 0.1) is 0 Å². The van der Waals surface area contributed by atoms with Crippen molar-refractivity contribution >= 4 is 43.8 Å². The zero-order valence-corrected chi connectivity index (χ0v) is 6.75. The Balaban J connectivity index is -0.0000000800. The Morgan fingerprint density at radius 3 is 0.714 bits per heavy atom. The molecule has 0 aliphatic heterocycles. The Kier molecular flexibility index (Phi) is 11.8. The Morgan fingerprint density at radius 1 is 0.714 bits per heavy atom. The molecule has 0 amide bonds. The minimum absolute atomic E-state index is 0. The maximum absolute atomic E-state index is 7.33. The maximum Gasteiger partial charge on any atom is 3.00 e. The van der Waals surface area contributed by atoms with E-state index in [4.69, 9.17) is 19.2 Å². The number of hydrogen-bond acceptors (Lipinski definition) is 4. The van der Waals surface area contributed by atoms with Crippen LogP contribution in [0.5, 0.6) is 0 Å². The zero-order chi connectivity index (χ0) is 4.50. The van der Waals surface area contributed by atoms with Gasteiger partial charge in [0.05, 0.1) is 0 Å². The van der Waals surface area contributed by atoms with Crippen LogP contribution in [-0.2, 0) is 0 Å². The molecule has 0 spiro atoms. The summed E-state index contributed by atoms with van der Waals surface area (Å²) in [4.78, 5) is 29.3. The van der Waals surface area contributed by atoms with E-state index in [0.717, 1.165) is 0 Å². The van der Waals surface area contributed by atoms with Gasteiger partial charge in [-0.3, -0.25) is 0 Å². The van der Waals surface area contributed by atoms with E-state index in [2.05, 4.69) is 0 Å². The van der Waals surface area contributed by atoms with Crippen molar-refractivity contribution in [1.82, 2.24) is 0 Å². The first-order valence-corrected chi connectivity index (χ1v) is 2.68. The van der Waals surface area contributed by atoms with Crippen molar-refractivity contribution in [3.63, 3.8) is 0 Å². The Morgan fingerprint density at radius 2 is 0.714 bits per heavy atom. The Bertz CT molecular complexity index is 25.2. The van der Waals surface area contributed by atoms with Crippen LogP contribution in [0.25, 0.3) is 0 Å². The summed E-state index contributed by atoms with van der Waals surface area (Å²) in [6, 6.07) is 0. The fourth-order valence-corrected chi connectivity index (χ4v) is 0. The first kappa shape index (κ1) is 15.7. The predicted octanol–water partition coefficient (Wildman–Crippen LogP) is -3.37. The summed E-state index contributed by atoms with van der Waals surface area (Å²) < 4.78 is 0. The van der Waals surface area contributed by atoms with E-state index in [0.29, 0.717) is 0 Å². The van der Waals surface area contributed by atoms with E-state index in [1.807, 2.05) is 0 Å². The summed E-state index contributed by atoms with van der Waals surface area (Å²) in [7, 11) is -4.61. The molecule has 0 bridgehead atoms. The van der Waals surface area contributed by atoms with Crippen LogP contribution in [-0.4, -0.2) is 63.0 Å². The van der Waals surface area contributed by atoms with Crippen molar-refractivity contribution in [3.8, 4) is 0 Å². The molecule has 0 aromatic heterocycles. The predicted molar refractivity (Wildman–Crippen MR) is 26.1 cm³/mol. The summed E-state index contributed by atoms with van der Waals surface area (Å²) in [5.41, 5.74) is 0. The molecular weight excluding hydrogens is 146 g/mol. The van der Waals surface area contributed by atoms with Gasteiger partial charge in [-0.15, -0.1) is 0 Å². The molecule has 0 aliphatic carbocycles. The molecule has 0 atom stereocenters. The van der Waals surface area contributed by atoms with Gasteiger partial charge in [0.15, 0.2) is 0 Å². The van der Waals surface area contributed by atoms with Crippen molar-refractivity contribution in [2.75, 3.05) is 0 Å². The number of rotatable bonds is 0. The summed E-state index contributed by atoms with van der Waals surface area (Å²) in [5.74, 6) is 0. The van der Waals surface area contributed by atoms with E-state index in [-0.39, 0.29) is 34.7 Å². The smallest absolute Gasteiger partial charge is 0.368 e. The molecule has 0 fully saturated rings. The molecule has 0 radical (unpaired) electrons. The van der Waals surface area contributed by atoms with E-state index in [1.165, 1.54) is 0 Å². The maximum atomic E-state index is 7.33. The molecule has 4 nitrogen and oxygen atoms in total. The van der Waals surface area contributed by atoms with Gasteiger partial charge in [0, 0.05) is 0 Å². The van der Waals surface area contributed by atoms with Gasteiger partial charge in [0.25, 0.3) is 0 Å². The van der Waals surface area contributed by atoms with Crippen LogP contribution in [0.4, 0.5) is 0 Å². The van der Waals surface area contributed by atoms with Crippen LogP contribution < -0.4 is 0 Å². The third-order valence-electron chi connectivity index (χ3n) is 0.